The fourth-order valence-corrected chi connectivity index (χ4v) is 3.25. The molecule has 1 aliphatic rings. The average Bonchev–Trinajstić information content (AvgIpc) is 3.23. The van der Waals surface area contributed by atoms with Crippen LogP contribution in [0.3, 0.4) is 0 Å². The predicted molar refractivity (Wildman–Crippen MR) is 103 cm³/mol. The van der Waals surface area contributed by atoms with Crippen LogP contribution in [0, 0.1) is 5.92 Å². The van der Waals surface area contributed by atoms with Crippen LogP contribution in [0.1, 0.15) is 13.8 Å². The molecule has 1 aromatic carbocycles. The molecule has 1 fully saturated rings. The fourth-order valence-electron chi connectivity index (χ4n) is 3.25. The van der Waals surface area contributed by atoms with E-state index in [-0.39, 0.29) is 5.75 Å². The minimum absolute atomic E-state index is 0.132. The largest absolute Gasteiger partial charge is 0.507 e. The SMILES string of the molecule is CC(C)[C@H]1CN(c2ncc(-c3ccc(-n4ccnc4)cc3O)nn2)CCN1. The fraction of sp³-hybridized carbons (Fsp3) is 0.368. The van der Waals surface area contributed by atoms with Crippen molar-refractivity contribution in [2.75, 3.05) is 24.5 Å². The highest BCUT2D eigenvalue weighted by atomic mass is 16.3. The topological polar surface area (TPSA) is 92.0 Å². The van der Waals surface area contributed by atoms with Gasteiger partial charge in [0.15, 0.2) is 0 Å². The van der Waals surface area contributed by atoms with Gasteiger partial charge in [0.05, 0.1) is 18.2 Å². The summed E-state index contributed by atoms with van der Waals surface area (Å²) in [6.45, 7) is 7.04. The second kappa shape index (κ2) is 7.32. The van der Waals surface area contributed by atoms with Gasteiger partial charge < -0.3 is 19.9 Å². The summed E-state index contributed by atoms with van der Waals surface area (Å²) in [6.07, 6.45) is 6.87. The van der Waals surface area contributed by atoms with Gasteiger partial charge in [-0.25, -0.2) is 9.97 Å². The van der Waals surface area contributed by atoms with Gasteiger partial charge in [-0.15, -0.1) is 10.2 Å². The number of nitrogens with one attached hydrogen (secondary N) is 1. The number of phenols is 1. The van der Waals surface area contributed by atoms with Crippen molar-refractivity contribution >= 4 is 5.95 Å². The maximum atomic E-state index is 10.4. The predicted octanol–water partition coefficient (Wildman–Crippen LogP) is 1.86. The van der Waals surface area contributed by atoms with E-state index in [1.54, 1.807) is 24.8 Å². The second-order valence-corrected chi connectivity index (χ2v) is 7.07. The number of phenolic OH excluding ortho intramolecular Hbond substituents is 1. The van der Waals surface area contributed by atoms with Crippen LogP contribution in [0.2, 0.25) is 0 Å². The van der Waals surface area contributed by atoms with Gasteiger partial charge in [0.1, 0.15) is 11.4 Å². The summed E-state index contributed by atoms with van der Waals surface area (Å²) < 4.78 is 1.83. The summed E-state index contributed by atoms with van der Waals surface area (Å²) in [5.74, 6) is 1.30. The Hall–Kier alpha value is -3.00. The van der Waals surface area contributed by atoms with Crippen LogP contribution in [0.15, 0.2) is 43.1 Å². The van der Waals surface area contributed by atoms with Crippen LogP contribution in [0.5, 0.6) is 5.75 Å². The van der Waals surface area contributed by atoms with Gasteiger partial charge in [0.2, 0.25) is 5.95 Å². The monoisotopic (exact) mass is 365 g/mol. The maximum absolute atomic E-state index is 10.4. The first-order valence-corrected chi connectivity index (χ1v) is 9.11. The van der Waals surface area contributed by atoms with Crippen molar-refractivity contribution in [1.29, 1.82) is 0 Å². The molecule has 4 rings (SSSR count). The number of hydrogen-bond donors (Lipinski definition) is 2. The highest BCUT2D eigenvalue weighted by molar-refractivity contribution is 5.68. The number of anilines is 1. The Morgan fingerprint density at radius 3 is 2.81 bits per heavy atom. The van der Waals surface area contributed by atoms with Crippen molar-refractivity contribution in [2.45, 2.75) is 19.9 Å². The van der Waals surface area contributed by atoms with Crippen LogP contribution in [-0.4, -0.2) is 55.5 Å². The zero-order valence-corrected chi connectivity index (χ0v) is 15.4. The average molecular weight is 365 g/mol. The lowest BCUT2D eigenvalue weighted by atomic mass is 10.0. The van der Waals surface area contributed by atoms with E-state index in [1.165, 1.54) is 0 Å². The van der Waals surface area contributed by atoms with E-state index in [0.717, 1.165) is 25.3 Å². The molecule has 1 atom stereocenters. The highest BCUT2D eigenvalue weighted by Gasteiger charge is 2.23. The minimum Gasteiger partial charge on any atom is -0.507 e. The Morgan fingerprint density at radius 1 is 1.26 bits per heavy atom. The molecule has 2 aromatic heterocycles. The van der Waals surface area contributed by atoms with Gasteiger partial charge in [0, 0.05) is 49.7 Å². The molecule has 1 saturated heterocycles. The summed E-state index contributed by atoms with van der Waals surface area (Å²) in [7, 11) is 0. The molecule has 8 heteroatoms. The van der Waals surface area contributed by atoms with E-state index in [9.17, 15) is 5.11 Å². The van der Waals surface area contributed by atoms with Crippen LogP contribution in [0.4, 0.5) is 5.95 Å². The lowest BCUT2D eigenvalue weighted by Gasteiger charge is -2.35. The smallest absolute Gasteiger partial charge is 0.245 e. The number of piperazine rings is 1. The standard InChI is InChI=1S/C19H23N7O/c1-13(2)17-11-25(8-6-21-17)19-22-10-16(23-24-19)15-4-3-14(9-18(15)27)26-7-5-20-12-26/h3-5,7,9-10,12-13,17,21,27H,6,8,11H2,1-2H3/t17-/m1/s1. The van der Waals surface area contributed by atoms with Crippen molar-refractivity contribution in [3.05, 3.63) is 43.1 Å². The molecule has 27 heavy (non-hydrogen) atoms. The minimum atomic E-state index is 0.132. The van der Waals surface area contributed by atoms with Crippen LogP contribution >= 0.6 is 0 Å². The number of imidazole rings is 1. The molecule has 0 bridgehead atoms. The van der Waals surface area contributed by atoms with Gasteiger partial charge in [-0.2, -0.15) is 0 Å². The molecule has 1 aliphatic heterocycles. The molecular formula is C19H23N7O. The second-order valence-electron chi connectivity index (χ2n) is 7.07. The normalized spacial score (nSPS) is 17.4. The Labute approximate surface area is 157 Å². The van der Waals surface area contributed by atoms with Crippen LogP contribution in [-0.2, 0) is 0 Å². The molecule has 0 amide bonds. The van der Waals surface area contributed by atoms with Gasteiger partial charge >= 0.3 is 0 Å². The summed E-state index contributed by atoms with van der Waals surface area (Å²) in [4.78, 5) is 10.7. The van der Waals surface area contributed by atoms with Crippen molar-refractivity contribution < 1.29 is 5.11 Å². The van der Waals surface area contributed by atoms with E-state index in [2.05, 4.69) is 44.2 Å². The third-order valence-corrected chi connectivity index (χ3v) is 4.90. The number of aromatic nitrogens is 5. The molecule has 0 radical (unpaired) electrons. The molecule has 0 saturated carbocycles. The highest BCUT2D eigenvalue weighted by Crippen LogP contribution is 2.29. The van der Waals surface area contributed by atoms with Gasteiger partial charge in [-0.3, -0.25) is 0 Å². The third-order valence-electron chi connectivity index (χ3n) is 4.90. The first-order valence-electron chi connectivity index (χ1n) is 9.11. The van der Waals surface area contributed by atoms with Crippen molar-refractivity contribution in [3.8, 4) is 22.7 Å². The van der Waals surface area contributed by atoms with E-state index < -0.39 is 0 Å². The zero-order chi connectivity index (χ0) is 18.8. The molecule has 2 N–H and O–H groups in total. The number of rotatable bonds is 4. The van der Waals surface area contributed by atoms with E-state index in [1.807, 2.05) is 22.9 Å². The lowest BCUT2D eigenvalue weighted by molar-refractivity contribution is 0.365. The summed E-state index contributed by atoms with van der Waals surface area (Å²) in [6, 6.07) is 5.81. The first kappa shape index (κ1) is 17.4. The Kier molecular flexibility index (Phi) is 4.72. The molecular weight excluding hydrogens is 342 g/mol. The third kappa shape index (κ3) is 3.61. The zero-order valence-electron chi connectivity index (χ0n) is 15.4. The molecule has 0 aliphatic carbocycles. The van der Waals surface area contributed by atoms with Gasteiger partial charge in [-0.1, -0.05) is 13.8 Å². The van der Waals surface area contributed by atoms with E-state index in [4.69, 9.17) is 0 Å². The van der Waals surface area contributed by atoms with Crippen molar-refractivity contribution in [1.82, 2.24) is 30.0 Å². The van der Waals surface area contributed by atoms with Gasteiger partial charge in [0.25, 0.3) is 0 Å². The Balaban J connectivity index is 1.54. The summed E-state index contributed by atoms with van der Waals surface area (Å²) >= 11 is 0. The number of aromatic hydroxyl groups is 1. The molecule has 0 spiro atoms. The Bertz CT molecular complexity index is 893. The lowest BCUT2D eigenvalue weighted by Crippen LogP contribution is -2.53. The van der Waals surface area contributed by atoms with Crippen molar-refractivity contribution in [3.63, 3.8) is 0 Å². The number of nitrogens with zero attached hydrogens (tertiary/aromatic N) is 6. The summed E-state index contributed by atoms with van der Waals surface area (Å²) in [5, 5.41) is 22.5. The molecule has 8 nitrogen and oxygen atoms in total. The Morgan fingerprint density at radius 2 is 2.15 bits per heavy atom. The quantitative estimate of drug-likeness (QED) is 0.729. The number of hydrogen-bond acceptors (Lipinski definition) is 7. The van der Waals surface area contributed by atoms with Crippen LogP contribution in [0.25, 0.3) is 16.9 Å². The first-order chi connectivity index (χ1) is 13.1. The maximum Gasteiger partial charge on any atom is 0.245 e. The van der Waals surface area contributed by atoms with Gasteiger partial charge in [-0.05, 0) is 18.1 Å². The molecule has 0 unspecified atom stereocenters. The molecule has 140 valence electrons. The van der Waals surface area contributed by atoms with Crippen molar-refractivity contribution in [2.24, 2.45) is 5.92 Å². The number of benzene rings is 1. The van der Waals surface area contributed by atoms with E-state index in [0.29, 0.717) is 29.2 Å². The van der Waals surface area contributed by atoms with Crippen LogP contribution < -0.4 is 10.2 Å². The summed E-state index contributed by atoms with van der Waals surface area (Å²) in [5.41, 5.74) is 1.97. The molecule has 3 heterocycles. The molecule has 3 aromatic rings. The van der Waals surface area contributed by atoms with E-state index >= 15 is 0 Å².